The minimum Gasteiger partial charge on any atom is -0.375 e. The van der Waals surface area contributed by atoms with Crippen molar-refractivity contribution in [3.05, 3.63) is 0 Å². The topological polar surface area (TPSA) is 64.8 Å². The molecule has 0 saturated carbocycles. The van der Waals surface area contributed by atoms with Crippen molar-refractivity contribution in [3.8, 4) is 0 Å². The van der Waals surface area contributed by atoms with E-state index >= 15 is 0 Å². The molecule has 0 spiro atoms. The third-order valence-corrected chi connectivity index (χ3v) is 2.25. The van der Waals surface area contributed by atoms with E-state index in [1.165, 1.54) is 0 Å². The van der Waals surface area contributed by atoms with Crippen molar-refractivity contribution in [1.82, 2.24) is 4.90 Å². The Morgan fingerprint density at radius 3 is 1.93 bits per heavy atom. The SMILES string of the molecule is CC(C)N(C(C)C)C1(CN)OC(=O)O1. The van der Waals surface area contributed by atoms with Gasteiger partial charge >= 0.3 is 12.1 Å². The summed E-state index contributed by atoms with van der Waals surface area (Å²) in [6.07, 6.45) is -0.651. The molecule has 0 atom stereocenters. The van der Waals surface area contributed by atoms with E-state index in [4.69, 9.17) is 15.2 Å². The maximum Gasteiger partial charge on any atom is 0.517 e. The number of cyclic esters (lactones) is 2. The van der Waals surface area contributed by atoms with Gasteiger partial charge in [0, 0.05) is 12.1 Å². The molecular weight excluding hydrogens is 184 g/mol. The molecule has 5 nitrogen and oxygen atoms in total. The largest absolute Gasteiger partial charge is 0.517 e. The van der Waals surface area contributed by atoms with E-state index in [-0.39, 0.29) is 18.6 Å². The van der Waals surface area contributed by atoms with Gasteiger partial charge in [-0.1, -0.05) is 0 Å². The van der Waals surface area contributed by atoms with Gasteiger partial charge in [0.15, 0.2) is 0 Å². The molecule has 1 saturated heterocycles. The molecule has 1 aliphatic rings. The van der Waals surface area contributed by atoms with Crippen LogP contribution >= 0.6 is 0 Å². The van der Waals surface area contributed by atoms with Gasteiger partial charge in [0.1, 0.15) is 0 Å². The molecule has 0 aromatic rings. The van der Waals surface area contributed by atoms with Crippen LogP contribution in [-0.4, -0.2) is 35.6 Å². The molecule has 1 rings (SSSR count). The lowest BCUT2D eigenvalue weighted by molar-refractivity contribution is -0.351. The van der Waals surface area contributed by atoms with Crippen molar-refractivity contribution in [1.29, 1.82) is 0 Å². The predicted molar refractivity (Wildman–Crippen MR) is 51.5 cm³/mol. The molecule has 5 heteroatoms. The summed E-state index contributed by atoms with van der Waals surface area (Å²) in [6.45, 7) is 8.18. The molecular formula is C9H18N2O3. The number of hydrogen-bond donors (Lipinski definition) is 1. The minimum atomic E-state index is -1.04. The average Bonchev–Trinajstić information content (AvgIpc) is 1.99. The molecule has 1 fully saturated rings. The molecule has 2 N–H and O–H groups in total. The van der Waals surface area contributed by atoms with Gasteiger partial charge in [-0.25, -0.2) is 9.69 Å². The number of nitrogens with zero attached hydrogens (tertiary/aromatic N) is 1. The van der Waals surface area contributed by atoms with Crippen LogP contribution in [0.4, 0.5) is 4.79 Å². The zero-order chi connectivity index (χ0) is 10.9. The lowest BCUT2D eigenvalue weighted by Gasteiger charge is -2.49. The summed E-state index contributed by atoms with van der Waals surface area (Å²) in [4.78, 5) is 12.6. The van der Waals surface area contributed by atoms with Gasteiger partial charge in [0.2, 0.25) is 0 Å². The first-order valence-electron chi connectivity index (χ1n) is 4.83. The van der Waals surface area contributed by atoms with Crippen LogP contribution in [0.1, 0.15) is 27.7 Å². The minimum absolute atomic E-state index is 0.148. The van der Waals surface area contributed by atoms with Gasteiger partial charge in [0.05, 0.1) is 6.54 Å². The third-order valence-electron chi connectivity index (χ3n) is 2.25. The quantitative estimate of drug-likeness (QED) is 0.686. The molecule has 0 aromatic carbocycles. The maximum absolute atomic E-state index is 10.7. The lowest BCUT2D eigenvalue weighted by Crippen LogP contribution is -2.69. The van der Waals surface area contributed by atoms with E-state index in [0.717, 1.165) is 0 Å². The number of carbonyl (C=O) groups excluding carboxylic acids is 1. The molecule has 0 radical (unpaired) electrons. The van der Waals surface area contributed by atoms with Crippen LogP contribution in [0.2, 0.25) is 0 Å². The molecule has 0 aromatic heterocycles. The summed E-state index contributed by atoms with van der Waals surface area (Å²) in [6, 6.07) is 0.401. The molecule has 0 amide bonds. The van der Waals surface area contributed by atoms with Crippen molar-refractivity contribution in [2.75, 3.05) is 6.54 Å². The predicted octanol–water partition coefficient (Wildman–Crippen LogP) is 0.885. The van der Waals surface area contributed by atoms with Gasteiger partial charge in [-0.2, -0.15) is 0 Å². The molecule has 82 valence electrons. The zero-order valence-corrected chi connectivity index (χ0v) is 9.11. The zero-order valence-electron chi connectivity index (χ0n) is 9.11. The van der Waals surface area contributed by atoms with E-state index in [2.05, 4.69) is 0 Å². The number of rotatable bonds is 4. The fourth-order valence-electron chi connectivity index (χ4n) is 1.95. The Bertz CT molecular complexity index is 212. The first-order valence-corrected chi connectivity index (χ1v) is 4.83. The highest BCUT2D eigenvalue weighted by atomic mass is 16.9. The summed E-state index contributed by atoms with van der Waals surface area (Å²) in [7, 11) is 0. The van der Waals surface area contributed by atoms with Crippen LogP contribution in [0, 0.1) is 0 Å². The highest BCUT2D eigenvalue weighted by Crippen LogP contribution is 2.31. The second-order valence-corrected chi connectivity index (χ2v) is 3.97. The Hall–Kier alpha value is -0.810. The monoisotopic (exact) mass is 202 g/mol. The fraction of sp³-hybridized carbons (Fsp3) is 0.889. The Balaban J connectivity index is 2.80. The summed E-state index contributed by atoms with van der Waals surface area (Å²) in [5.74, 6) is -1.04. The maximum atomic E-state index is 10.7. The van der Waals surface area contributed by atoms with Crippen LogP contribution in [0.3, 0.4) is 0 Å². The summed E-state index contributed by atoms with van der Waals surface area (Å²) in [5, 5.41) is 0. The van der Waals surface area contributed by atoms with Crippen molar-refractivity contribution >= 4 is 6.16 Å². The normalized spacial score (nSPS) is 19.6. The Kier molecular flexibility index (Phi) is 3.01. The van der Waals surface area contributed by atoms with Gasteiger partial charge in [-0.05, 0) is 27.7 Å². The van der Waals surface area contributed by atoms with Gasteiger partial charge < -0.3 is 15.2 Å². The molecule has 0 aliphatic carbocycles. The first kappa shape index (κ1) is 11.3. The molecule has 1 heterocycles. The second-order valence-electron chi connectivity index (χ2n) is 3.97. The van der Waals surface area contributed by atoms with Crippen LogP contribution in [-0.2, 0) is 9.47 Å². The lowest BCUT2D eigenvalue weighted by atomic mass is 10.2. The van der Waals surface area contributed by atoms with E-state index in [1.54, 1.807) is 0 Å². The van der Waals surface area contributed by atoms with Gasteiger partial charge in [-0.3, -0.25) is 0 Å². The standard InChI is InChI=1S/C9H18N2O3/c1-6(2)11(7(3)4)9(5-10)13-8(12)14-9/h6-7H,5,10H2,1-4H3. The molecule has 1 aliphatic heterocycles. The molecule has 0 bridgehead atoms. The van der Waals surface area contributed by atoms with Crippen LogP contribution in [0.5, 0.6) is 0 Å². The highest BCUT2D eigenvalue weighted by molar-refractivity contribution is 5.65. The van der Waals surface area contributed by atoms with Crippen molar-refractivity contribution < 1.29 is 14.3 Å². The third kappa shape index (κ3) is 1.69. The van der Waals surface area contributed by atoms with Crippen molar-refractivity contribution in [2.24, 2.45) is 5.73 Å². The van der Waals surface area contributed by atoms with Gasteiger partial charge in [0.25, 0.3) is 0 Å². The van der Waals surface area contributed by atoms with E-state index in [9.17, 15) is 4.79 Å². The fourth-order valence-corrected chi connectivity index (χ4v) is 1.95. The highest BCUT2D eigenvalue weighted by Gasteiger charge is 2.54. The summed E-state index contributed by atoms with van der Waals surface area (Å²) in [5.41, 5.74) is 5.56. The van der Waals surface area contributed by atoms with Crippen molar-refractivity contribution in [3.63, 3.8) is 0 Å². The summed E-state index contributed by atoms with van der Waals surface area (Å²) < 4.78 is 10.0. The van der Waals surface area contributed by atoms with Crippen molar-refractivity contribution in [2.45, 2.75) is 45.7 Å². The number of carbonyl (C=O) groups is 1. The average molecular weight is 202 g/mol. The Morgan fingerprint density at radius 2 is 1.71 bits per heavy atom. The summed E-state index contributed by atoms with van der Waals surface area (Å²) >= 11 is 0. The van der Waals surface area contributed by atoms with Gasteiger partial charge in [-0.15, -0.1) is 0 Å². The first-order chi connectivity index (χ1) is 6.43. The van der Waals surface area contributed by atoms with Crippen LogP contribution < -0.4 is 5.73 Å². The van der Waals surface area contributed by atoms with Crippen LogP contribution in [0.15, 0.2) is 0 Å². The Morgan fingerprint density at radius 1 is 1.29 bits per heavy atom. The second kappa shape index (κ2) is 3.74. The van der Waals surface area contributed by atoms with E-state index in [0.29, 0.717) is 0 Å². The van der Waals surface area contributed by atoms with E-state index < -0.39 is 12.1 Å². The number of hydrogen-bond acceptors (Lipinski definition) is 5. The van der Waals surface area contributed by atoms with E-state index in [1.807, 2.05) is 32.6 Å². The molecule has 0 unspecified atom stereocenters. The number of ether oxygens (including phenoxy) is 2. The smallest absolute Gasteiger partial charge is 0.375 e. The number of nitrogens with two attached hydrogens (primary N) is 1. The van der Waals surface area contributed by atoms with Crippen LogP contribution in [0.25, 0.3) is 0 Å². The Labute approximate surface area is 84.1 Å². The molecule has 14 heavy (non-hydrogen) atoms.